The van der Waals surface area contributed by atoms with Crippen molar-refractivity contribution in [2.75, 3.05) is 0 Å². The molecule has 2 rings (SSSR count). The van der Waals surface area contributed by atoms with Gasteiger partial charge in [-0.1, -0.05) is 11.2 Å². The molecule has 0 fully saturated rings. The molecule has 1 unspecified atom stereocenters. The Morgan fingerprint density at radius 1 is 1.38 bits per heavy atom. The summed E-state index contributed by atoms with van der Waals surface area (Å²) in [6.45, 7) is 3.54. The molecular weight excluding hydrogens is 209 g/mol. The first-order valence-corrected chi connectivity index (χ1v) is 4.90. The summed E-state index contributed by atoms with van der Waals surface area (Å²) in [5.74, 6) is 0.488. The van der Waals surface area contributed by atoms with E-state index >= 15 is 0 Å². The second-order valence-corrected chi connectivity index (χ2v) is 3.65. The summed E-state index contributed by atoms with van der Waals surface area (Å²) in [4.78, 5) is 4.03. The molecule has 0 saturated carbocycles. The summed E-state index contributed by atoms with van der Waals surface area (Å²) >= 11 is 0. The molecular formula is C11H12FN3O. The summed E-state index contributed by atoms with van der Waals surface area (Å²) in [5.41, 5.74) is 7.51. The van der Waals surface area contributed by atoms with Gasteiger partial charge in [0.25, 0.3) is 0 Å². The van der Waals surface area contributed by atoms with Gasteiger partial charge in [0.1, 0.15) is 5.82 Å². The fraction of sp³-hybridized carbons (Fsp3) is 0.273. The Bertz CT molecular complexity index is 510. The molecule has 0 spiro atoms. The molecule has 2 aromatic rings. The van der Waals surface area contributed by atoms with Crippen LogP contribution >= 0.6 is 0 Å². The maximum atomic E-state index is 13.1. The molecule has 0 aliphatic heterocycles. The van der Waals surface area contributed by atoms with Crippen molar-refractivity contribution in [2.24, 2.45) is 5.73 Å². The quantitative estimate of drug-likeness (QED) is 0.840. The molecule has 1 heterocycles. The normalized spacial score (nSPS) is 12.8. The average molecular weight is 221 g/mol. The predicted octanol–water partition coefficient (Wildman–Crippen LogP) is 1.87. The lowest BCUT2D eigenvalue weighted by molar-refractivity contribution is 0.385. The Hall–Kier alpha value is -1.75. The third kappa shape index (κ3) is 1.94. The third-order valence-electron chi connectivity index (χ3n) is 2.40. The van der Waals surface area contributed by atoms with Crippen molar-refractivity contribution in [1.82, 2.24) is 10.1 Å². The highest BCUT2D eigenvalue weighted by atomic mass is 19.1. The molecule has 0 bridgehead atoms. The second kappa shape index (κ2) is 4.02. The van der Waals surface area contributed by atoms with Crippen molar-refractivity contribution in [2.45, 2.75) is 19.9 Å². The molecule has 1 aromatic carbocycles. The van der Waals surface area contributed by atoms with Crippen LogP contribution in [0.1, 0.15) is 28.9 Å². The number of hydrogen-bond donors (Lipinski definition) is 1. The highest BCUT2D eigenvalue weighted by Crippen LogP contribution is 2.21. The molecule has 1 aromatic heterocycles. The first-order valence-electron chi connectivity index (χ1n) is 4.90. The van der Waals surface area contributed by atoms with Gasteiger partial charge in [-0.25, -0.2) is 4.39 Å². The van der Waals surface area contributed by atoms with E-state index in [1.54, 1.807) is 13.0 Å². The second-order valence-electron chi connectivity index (χ2n) is 3.65. The molecule has 5 heteroatoms. The minimum Gasteiger partial charge on any atom is -0.340 e. The SMILES string of the molecule is Cc1nc(C(N)c2cc(F)ccc2C)no1. The highest BCUT2D eigenvalue weighted by molar-refractivity contribution is 5.32. The van der Waals surface area contributed by atoms with E-state index in [1.165, 1.54) is 12.1 Å². The van der Waals surface area contributed by atoms with Crippen molar-refractivity contribution in [3.63, 3.8) is 0 Å². The van der Waals surface area contributed by atoms with Crippen LogP contribution in [0.5, 0.6) is 0 Å². The van der Waals surface area contributed by atoms with Gasteiger partial charge in [0, 0.05) is 6.92 Å². The summed E-state index contributed by atoms with van der Waals surface area (Å²) in [7, 11) is 0. The number of rotatable bonds is 2. The summed E-state index contributed by atoms with van der Waals surface area (Å²) in [6, 6.07) is 3.91. The standard InChI is InChI=1S/C11H12FN3O/c1-6-3-4-8(12)5-9(6)10(13)11-14-7(2)16-15-11/h3-5,10H,13H2,1-2H3. The molecule has 16 heavy (non-hydrogen) atoms. The van der Waals surface area contributed by atoms with Gasteiger partial charge in [-0.15, -0.1) is 0 Å². The Balaban J connectivity index is 2.40. The average Bonchev–Trinajstić information content (AvgIpc) is 2.67. The van der Waals surface area contributed by atoms with Gasteiger partial charge in [0.15, 0.2) is 5.82 Å². The zero-order valence-electron chi connectivity index (χ0n) is 9.07. The number of aryl methyl sites for hydroxylation is 2. The van der Waals surface area contributed by atoms with Gasteiger partial charge in [-0.2, -0.15) is 4.98 Å². The minimum absolute atomic E-state index is 0.323. The van der Waals surface area contributed by atoms with Gasteiger partial charge >= 0.3 is 0 Å². The van der Waals surface area contributed by atoms with E-state index in [-0.39, 0.29) is 5.82 Å². The van der Waals surface area contributed by atoms with Crippen molar-refractivity contribution in [3.8, 4) is 0 Å². The zero-order chi connectivity index (χ0) is 11.7. The van der Waals surface area contributed by atoms with E-state index in [0.29, 0.717) is 17.3 Å². The zero-order valence-corrected chi connectivity index (χ0v) is 9.07. The summed E-state index contributed by atoms with van der Waals surface area (Å²) < 4.78 is 18.0. The molecule has 0 saturated heterocycles. The van der Waals surface area contributed by atoms with Crippen molar-refractivity contribution in [1.29, 1.82) is 0 Å². The largest absolute Gasteiger partial charge is 0.340 e. The predicted molar refractivity (Wildman–Crippen MR) is 56.2 cm³/mol. The molecule has 0 aliphatic rings. The Morgan fingerprint density at radius 2 is 2.12 bits per heavy atom. The number of aromatic nitrogens is 2. The van der Waals surface area contributed by atoms with Crippen LogP contribution in [-0.2, 0) is 0 Å². The Labute approximate surface area is 92.3 Å². The van der Waals surface area contributed by atoms with Gasteiger partial charge in [0.2, 0.25) is 5.89 Å². The fourth-order valence-corrected chi connectivity index (χ4v) is 1.53. The minimum atomic E-state index is -0.562. The monoisotopic (exact) mass is 221 g/mol. The van der Waals surface area contributed by atoms with Crippen LogP contribution in [0.25, 0.3) is 0 Å². The third-order valence-corrected chi connectivity index (χ3v) is 2.40. The number of halogens is 1. The van der Waals surface area contributed by atoms with Crippen LogP contribution in [-0.4, -0.2) is 10.1 Å². The van der Waals surface area contributed by atoms with E-state index in [9.17, 15) is 4.39 Å². The molecule has 1 atom stereocenters. The number of benzene rings is 1. The van der Waals surface area contributed by atoms with E-state index in [4.69, 9.17) is 10.3 Å². The molecule has 4 nitrogen and oxygen atoms in total. The number of nitrogens with two attached hydrogens (primary N) is 1. The maximum absolute atomic E-state index is 13.1. The Kier molecular flexibility index (Phi) is 2.70. The van der Waals surface area contributed by atoms with E-state index in [2.05, 4.69) is 10.1 Å². The van der Waals surface area contributed by atoms with Crippen LogP contribution in [0, 0.1) is 19.7 Å². The number of nitrogens with zero attached hydrogens (tertiary/aromatic N) is 2. The molecule has 0 amide bonds. The van der Waals surface area contributed by atoms with Crippen LogP contribution in [0.4, 0.5) is 4.39 Å². The first-order chi connectivity index (χ1) is 7.58. The van der Waals surface area contributed by atoms with Crippen molar-refractivity contribution in [3.05, 3.63) is 46.9 Å². The molecule has 0 radical (unpaired) electrons. The summed E-state index contributed by atoms with van der Waals surface area (Å²) in [5, 5.41) is 3.73. The lowest BCUT2D eigenvalue weighted by Gasteiger charge is -2.10. The smallest absolute Gasteiger partial charge is 0.223 e. The van der Waals surface area contributed by atoms with Gasteiger partial charge in [0.05, 0.1) is 6.04 Å². The highest BCUT2D eigenvalue weighted by Gasteiger charge is 2.17. The van der Waals surface area contributed by atoms with Gasteiger partial charge in [-0.05, 0) is 30.2 Å². The van der Waals surface area contributed by atoms with Gasteiger partial charge in [-0.3, -0.25) is 0 Å². The van der Waals surface area contributed by atoms with E-state index in [0.717, 1.165) is 5.56 Å². The molecule has 0 aliphatic carbocycles. The Morgan fingerprint density at radius 3 is 2.75 bits per heavy atom. The lowest BCUT2D eigenvalue weighted by atomic mass is 10.0. The summed E-state index contributed by atoms with van der Waals surface area (Å²) in [6.07, 6.45) is 0. The lowest BCUT2D eigenvalue weighted by Crippen LogP contribution is -2.15. The van der Waals surface area contributed by atoms with Crippen molar-refractivity contribution >= 4 is 0 Å². The van der Waals surface area contributed by atoms with E-state index in [1.807, 2.05) is 6.92 Å². The van der Waals surface area contributed by atoms with Crippen LogP contribution in [0.3, 0.4) is 0 Å². The van der Waals surface area contributed by atoms with Gasteiger partial charge < -0.3 is 10.3 Å². The fourth-order valence-electron chi connectivity index (χ4n) is 1.53. The topological polar surface area (TPSA) is 64.9 Å². The first kappa shape index (κ1) is 10.8. The molecule has 2 N–H and O–H groups in total. The van der Waals surface area contributed by atoms with Crippen molar-refractivity contribution < 1.29 is 8.91 Å². The van der Waals surface area contributed by atoms with Crippen LogP contribution < -0.4 is 5.73 Å². The number of hydrogen-bond acceptors (Lipinski definition) is 4. The molecule has 84 valence electrons. The maximum Gasteiger partial charge on any atom is 0.223 e. The van der Waals surface area contributed by atoms with Crippen LogP contribution in [0.2, 0.25) is 0 Å². The van der Waals surface area contributed by atoms with Crippen LogP contribution in [0.15, 0.2) is 22.7 Å². The van der Waals surface area contributed by atoms with E-state index < -0.39 is 6.04 Å².